The van der Waals surface area contributed by atoms with Crippen molar-refractivity contribution in [3.05, 3.63) is 65.7 Å². The Morgan fingerprint density at radius 1 is 1.09 bits per heavy atom. The fraction of sp³-hybridized carbons (Fsp3) is 0.350. The van der Waals surface area contributed by atoms with Crippen LogP contribution >= 0.6 is 0 Å². The van der Waals surface area contributed by atoms with Gasteiger partial charge in [-0.1, -0.05) is 62.4 Å². The van der Waals surface area contributed by atoms with Gasteiger partial charge in [0, 0.05) is 17.9 Å². The van der Waals surface area contributed by atoms with E-state index in [0.717, 1.165) is 17.9 Å². The summed E-state index contributed by atoms with van der Waals surface area (Å²) in [6.45, 7) is 6.54. The van der Waals surface area contributed by atoms with Crippen molar-refractivity contribution >= 4 is 5.71 Å². The van der Waals surface area contributed by atoms with Gasteiger partial charge < -0.3 is 4.74 Å². The molecule has 0 amide bonds. The molecule has 23 heavy (non-hydrogen) atoms. The van der Waals surface area contributed by atoms with Gasteiger partial charge in [-0.15, -0.1) is 0 Å². The molecule has 2 aromatic carbocycles. The SMILES string of the molecule is CC(C)[C@@]1(C)Oc2ccccc2[C@@H]2CC(c3ccccc3)=NN21. The summed E-state index contributed by atoms with van der Waals surface area (Å²) in [7, 11) is 0. The first-order chi connectivity index (χ1) is 11.1. The molecule has 2 aliphatic rings. The Morgan fingerprint density at radius 3 is 2.52 bits per heavy atom. The third-order valence-electron chi connectivity index (χ3n) is 5.14. The third kappa shape index (κ3) is 2.14. The lowest BCUT2D eigenvalue weighted by molar-refractivity contribution is -0.135. The molecule has 0 unspecified atom stereocenters. The van der Waals surface area contributed by atoms with Crippen LogP contribution in [0, 0.1) is 5.92 Å². The zero-order valence-electron chi connectivity index (χ0n) is 13.9. The van der Waals surface area contributed by atoms with Gasteiger partial charge in [0.2, 0.25) is 0 Å². The van der Waals surface area contributed by atoms with Crippen LogP contribution in [0.2, 0.25) is 0 Å². The lowest BCUT2D eigenvalue weighted by atomic mass is 9.91. The summed E-state index contributed by atoms with van der Waals surface area (Å²) in [5.41, 5.74) is 3.16. The minimum atomic E-state index is -0.421. The number of nitrogens with zero attached hydrogens (tertiary/aromatic N) is 2. The lowest BCUT2D eigenvalue weighted by Crippen LogP contribution is -2.54. The predicted molar refractivity (Wildman–Crippen MR) is 92.5 cm³/mol. The summed E-state index contributed by atoms with van der Waals surface area (Å²) < 4.78 is 6.40. The van der Waals surface area contributed by atoms with Crippen LogP contribution < -0.4 is 4.74 Å². The molecule has 0 saturated heterocycles. The number of hydrogen-bond donors (Lipinski definition) is 0. The van der Waals surface area contributed by atoms with Crippen LogP contribution in [-0.4, -0.2) is 16.4 Å². The molecule has 0 radical (unpaired) electrons. The van der Waals surface area contributed by atoms with E-state index in [2.05, 4.69) is 68.2 Å². The molecule has 3 heteroatoms. The van der Waals surface area contributed by atoms with Crippen molar-refractivity contribution in [1.29, 1.82) is 0 Å². The number of hydrogen-bond acceptors (Lipinski definition) is 3. The Kier molecular flexibility index (Phi) is 3.19. The molecule has 118 valence electrons. The molecule has 2 heterocycles. The number of benzene rings is 2. The largest absolute Gasteiger partial charge is 0.466 e. The van der Waals surface area contributed by atoms with Gasteiger partial charge >= 0.3 is 0 Å². The molecule has 0 saturated carbocycles. The van der Waals surface area contributed by atoms with Gasteiger partial charge in [0.15, 0.2) is 5.72 Å². The molecule has 0 bridgehead atoms. The Hall–Kier alpha value is -2.29. The van der Waals surface area contributed by atoms with Crippen molar-refractivity contribution in [2.24, 2.45) is 11.0 Å². The van der Waals surface area contributed by atoms with Crippen molar-refractivity contribution in [1.82, 2.24) is 5.01 Å². The monoisotopic (exact) mass is 306 g/mol. The van der Waals surface area contributed by atoms with Gasteiger partial charge in [-0.05, 0) is 18.6 Å². The zero-order chi connectivity index (χ0) is 16.0. The van der Waals surface area contributed by atoms with Gasteiger partial charge in [0.05, 0.1) is 11.8 Å². The van der Waals surface area contributed by atoms with Gasteiger partial charge in [-0.2, -0.15) is 5.10 Å². The Morgan fingerprint density at radius 2 is 1.78 bits per heavy atom. The molecule has 2 atom stereocenters. The minimum absolute atomic E-state index is 0.252. The van der Waals surface area contributed by atoms with E-state index in [1.807, 2.05) is 12.1 Å². The topological polar surface area (TPSA) is 24.8 Å². The molecule has 3 nitrogen and oxygen atoms in total. The molecule has 2 aliphatic heterocycles. The summed E-state index contributed by atoms with van der Waals surface area (Å²) in [5.74, 6) is 1.33. The fourth-order valence-electron chi connectivity index (χ4n) is 3.47. The number of para-hydroxylation sites is 1. The average molecular weight is 306 g/mol. The summed E-state index contributed by atoms with van der Waals surface area (Å²) in [6.07, 6.45) is 0.923. The maximum absolute atomic E-state index is 6.40. The molecule has 0 fully saturated rings. The molecule has 0 aliphatic carbocycles. The number of fused-ring (bicyclic) bond motifs is 3. The average Bonchev–Trinajstić information content (AvgIpc) is 3.02. The smallest absolute Gasteiger partial charge is 0.197 e. The highest BCUT2D eigenvalue weighted by Gasteiger charge is 2.49. The zero-order valence-corrected chi connectivity index (χ0v) is 13.9. The van der Waals surface area contributed by atoms with E-state index in [9.17, 15) is 0 Å². The van der Waals surface area contributed by atoms with E-state index < -0.39 is 5.72 Å². The number of rotatable bonds is 2. The van der Waals surface area contributed by atoms with Crippen molar-refractivity contribution in [3.63, 3.8) is 0 Å². The van der Waals surface area contributed by atoms with Gasteiger partial charge in [0.25, 0.3) is 0 Å². The number of hydrazone groups is 1. The molecule has 0 spiro atoms. The molecular formula is C20H22N2O. The van der Waals surface area contributed by atoms with Crippen LogP contribution in [0.5, 0.6) is 5.75 Å². The summed E-state index contributed by atoms with van der Waals surface area (Å²) in [4.78, 5) is 0. The van der Waals surface area contributed by atoms with Crippen molar-refractivity contribution in [3.8, 4) is 5.75 Å². The van der Waals surface area contributed by atoms with Crippen LogP contribution in [0.25, 0.3) is 0 Å². The highest BCUT2D eigenvalue weighted by molar-refractivity contribution is 6.01. The molecule has 2 aromatic rings. The Labute approximate surface area is 137 Å². The van der Waals surface area contributed by atoms with Gasteiger partial charge in [-0.25, -0.2) is 5.01 Å². The van der Waals surface area contributed by atoms with Crippen molar-refractivity contribution in [2.75, 3.05) is 0 Å². The van der Waals surface area contributed by atoms with Crippen molar-refractivity contribution < 1.29 is 4.74 Å². The molecule has 0 aromatic heterocycles. The van der Waals surface area contributed by atoms with Gasteiger partial charge in [-0.3, -0.25) is 0 Å². The Balaban J connectivity index is 1.81. The molecular weight excluding hydrogens is 284 g/mol. The second kappa shape index (κ2) is 5.12. The van der Waals surface area contributed by atoms with Crippen molar-refractivity contribution in [2.45, 2.75) is 39.0 Å². The third-order valence-corrected chi connectivity index (χ3v) is 5.14. The first-order valence-corrected chi connectivity index (χ1v) is 8.30. The fourth-order valence-corrected chi connectivity index (χ4v) is 3.47. The quantitative estimate of drug-likeness (QED) is 0.810. The second-order valence-electron chi connectivity index (χ2n) is 6.83. The lowest BCUT2D eigenvalue weighted by Gasteiger charge is -2.48. The predicted octanol–water partition coefficient (Wildman–Crippen LogP) is 4.60. The van der Waals surface area contributed by atoms with E-state index in [0.29, 0.717) is 5.92 Å². The van der Waals surface area contributed by atoms with E-state index in [4.69, 9.17) is 9.84 Å². The standard InChI is InChI=1S/C20H22N2O/c1-14(2)20(3)22-18(16-11-7-8-12-19(16)23-20)13-17(21-22)15-9-5-4-6-10-15/h4-12,14,18H,13H2,1-3H3/t18-,20+/m0/s1. The maximum atomic E-state index is 6.40. The van der Waals surface area contributed by atoms with Crippen LogP contribution in [-0.2, 0) is 0 Å². The normalized spacial score (nSPS) is 25.7. The highest BCUT2D eigenvalue weighted by atomic mass is 16.5. The van der Waals surface area contributed by atoms with E-state index in [1.165, 1.54) is 11.1 Å². The summed E-state index contributed by atoms with van der Waals surface area (Å²) in [6, 6.07) is 19.1. The highest BCUT2D eigenvalue weighted by Crippen LogP contribution is 2.48. The van der Waals surface area contributed by atoms with E-state index in [1.54, 1.807) is 0 Å². The van der Waals surface area contributed by atoms with E-state index >= 15 is 0 Å². The van der Waals surface area contributed by atoms with Crippen LogP contribution in [0.1, 0.15) is 44.4 Å². The first kappa shape index (κ1) is 14.3. The molecule has 0 N–H and O–H groups in total. The summed E-state index contributed by atoms with van der Waals surface area (Å²) in [5, 5.41) is 7.16. The maximum Gasteiger partial charge on any atom is 0.197 e. The second-order valence-corrected chi connectivity index (χ2v) is 6.83. The van der Waals surface area contributed by atoms with Gasteiger partial charge in [0.1, 0.15) is 5.75 Å². The van der Waals surface area contributed by atoms with Crippen LogP contribution in [0.15, 0.2) is 59.7 Å². The molecule has 4 rings (SSSR count). The van der Waals surface area contributed by atoms with E-state index in [-0.39, 0.29) is 6.04 Å². The van der Waals surface area contributed by atoms with Crippen LogP contribution in [0.3, 0.4) is 0 Å². The first-order valence-electron chi connectivity index (χ1n) is 8.30. The minimum Gasteiger partial charge on any atom is -0.466 e. The number of ether oxygens (including phenoxy) is 1. The Bertz CT molecular complexity index is 753. The summed E-state index contributed by atoms with van der Waals surface area (Å²) >= 11 is 0. The van der Waals surface area contributed by atoms with Crippen LogP contribution in [0.4, 0.5) is 0 Å².